The van der Waals surface area contributed by atoms with Crippen molar-refractivity contribution in [2.24, 2.45) is 5.92 Å². The number of aliphatic hydroxyl groups excluding tert-OH is 1. The molecule has 0 rings (SSSR count). The molecule has 0 aromatic carbocycles. The maximum absolute atomic E-state index is 11.6. The van der Waals surface area contributed by atoms with E-state index in [-0.39, 0.29) is 29.9 Å². The van der Waals surface area contributed by atoms with Crippen molar-refractivity contribution in [2.45, 2.75) is 58.5 Å². The van der Waals surface area contributed by atoms with Crippen LogP contribution in [0.2, 0.25) is 0 Å². The maximum Gasteiger partial charge on any atom is 0.220 e. The second-order valence-corrected chi connectivity index (χ2v) is 7.25. The Balaban J connectivity index is 0. The van der Waals surface area contributed by atoms with Gasteiger partial charge in [0.1, 0.15) is 0 Å². The number of quaternary nitrogens is 1. The van der Waals surface area contributed by atoms with Gasteiger partial charge in [0.2, 0.25) is 5.91 Å². The average Bonchev–Trinajstić information content (AvgIpc) is 2.30. The number of hydrogen-bond donors (Lipinski definition) is 2. The molecule has 2 N–H and O–H groups in total. The van der Waals surface area contributed by atoms with Gasteiger partial charge in [0.25, 0.3) is 0 Å². The summed E-state index contributed by atoms with van der Waals surface area (Å²) in [6, 6.07) is 0. The lowest BCUT2D eigenvalue weighted by Crippen LogP contribution is -3.00. The number of nitrogens with zero attached hydrogens (tertiary/aromatic N) is 1. The molecule has 128 valence electrons. The molecule has 0 aromatic heterocycles. The molecule has 0 saturated carbocycles. The van der Waals surface area contributed by atoms with Gasteiger partial charge in [-0.25, -0.2) is 0 Å². The highest BCUT2D eigenvalue weighted by Gasteiger charge is 2.10. The van der Waals surface area contributed by atoms with Crippen LogP contribution < -0.4 is 29.3 Å². The van der Waals surface area contributed by atoms with E-state index in [9.17, 15) is 9.90 Å². The largest absolute Gasteiger partial charge is 1.00 e. The second kappa shape index (κ2) is 12.6. The standard InChI is InChI=1S/C16H34N2O2.HI/c1-14(2)9-6-7-10-15(19)13-17-16(20)11-8-12-18(3,4)5;/h14-15,19H,6-13H2,1-5H3;1H. The third-order valence-corrected chi connectivity index (χ3v) is 3.34. The van der Waals surface area contributed by atoms with Gasteiger partial charge in [0, 0.05) is 19.4 Å². The van der Waals surface area contributed by atoms with Gasteiger partial charge >= 0.3 is 0 Å². The molecule has 0 fully saturated rings. The molecular weight excluding hydrogens is 379 g/mol. The maximum atomic E-state index is 11.6. The first-order valence-electron chi connectivity index (χ1n) is 7.96. The van der Waals surface area contributed by atoms with Gasteiger partial charge in [0.05, 0.1) is 33.8 Å². The van der Waals surface area contributed by atoms with Crippen molar-refractivity contribution in [3.63, 3.8) is 0 Å². The van der Waals surface area contributed by atoms with E-state index in [1.807, 2.05) is 0 Å². The highest BCUT2D eigenvalue weighted by Crippen LogP contribution is 2.09. The summed E-state index contributed by atoms with van der Waals surface area (Å²) in [5, 5.41) is 12.6. The van der Waals surface area contributed by atoms with E-state index in [0.717, 1.165) is 42.6 Å². The lowest BCUT2D eigenvalue weighted by Gasteiger charge is -2.23. The molecule has 0 heterocycles. The zero-order chi connectivity index (χ0) is 15.6. The second-order valence-electron chi connectivity index (χ2n) is 7.25. The number of halogens is 1. The summed E-state index contributed by atoms with van der Waals surface area (Å²) in [6.45, 7) is 5.82. The summed E-state index contributed by atoms with van der Waals surface area (Å²) in [6.07, 6.45) is 5.23. The Kier molecular flexibility index (Phi) is 14.1. The Morgan fingerprint density at radius 1 is 1.10 bits per heavy atom. The summed E-state index contributed by atoms with van der Waals surface area (Å²) in [7, 11) is 6.37. The monoisotopic (exact) mass is 414 g/mol. The molecule has 1 unspecified atom stereocenters. The number of carbonyl (C=O) groups excluding carboxylic acids is 1. The number of carbonyl (C=O) groups is 1. The van der Waals surface area contributed by atoms with Crippen LogP contribution in [-0.4, -0.2) is 55.8 Å². The highest BCUT2D eigenvalue weighted by atomic mass is 127. The summed E-state index contributed by atoms with van der Waals surface area (Å²) < 4.78 is 0.881. The Labute approximate surface area is 148 Å². The van der Waals surface area contributed by atoms with Crippen molar-refractivity contribution in [3.8, 4) is 0 Å². The fourth-order valence-corrected chi connectivity index (χ4v) is 2.07. The first kappa shape index (κ1) is 23.4. The quantitative estimate of drug-likeness (QED) is 0.264. The van der Waals surface area contributed by atoms with Crippen LogP contribution in [-0.2, 0) is 4.79 Å². The molecule has 0 spiro atoms. The summed E-state index contributed by atoms with van der Waals surface area (Å²) in [5.41, 5.74) is 0. The number of unbranched alkanes of at least 4 members (excludes halogenated alkanes) is 1. The van der Waals surface area contributed by atoms with Gasteiger partial charge in [0.15, 0.2) is 0 Å². The predicted molar refractivity (Wildman–Crippen MR) is 84.5 cm³/mol. The minimum absolute atomic E-state index is 0. The minimum atomic E-state index is -0.399. The van der Waals surface area contributed by atoms with Crippen molar-refractivity contribution < 1.29 is 38.4 Å². The van der Waals surface area contributed by atoms with E-state index in [1.54, 1.807) is 0 Å². The third-order valence-electron chi connectivity index (χ3n) is 3.34. The van der Waals surface area contributed by atoms with Gasteiger partial charge in [-0.15, -0.1) is 0 Å². The van der Waals surface area contributed by atoms with Gasteiger partial charge in [-0.05, 0) is 12.3 Å². The smallest absolute Gasteiger partial charge is 0.220 e. The summed E-state index contributed by atoms with van der Waals surface area (Å²) in [4.78, 5) is 11.6. The van der Waals surface area contributed by atoms with Crippen LogP contribution in [0.4, 0.5) is 0 Å². The molecular formula is C16H35IN2O2. The van der Waals surface area contributed by atoms with E-state index in [2.05, 4.69) is 40.3 Å². The van der Waals surface area contributed by atoms with E-state index in [1.165, 1.54) is 6.42 Å². The van der Waals surface area contributed by atoms with Crippen LogP contribution in [0.3, 0.4) is 0 Å². The lowest BCUT2D eigenvalue weighted by atomic mass is 10.0. The van der Waals surface area contributed by atoms with Gasteiger partial charge in [-0.1, -0.05) is 33.1 Å². The van der Waals surface area contributed by atoms with Crippen LogP contribution in [0.1, 0.15) is 52.4 Å². The van der Waals surface area contributed by atoms with Crippen molar-refractivity contribution >= 4 is 5.91 Å². The van der Waals surface area contributed by atoms with E-state index < -0.39 is 6.10 Å². The van der Waals surface area contributed by atoms with Crippen molar-refractivity contribution in [1.29, 1.82) is 0 Å². The van der Waals surface area contributed by atoms with Crippen LogP contribution >= 0.6 is 0 Å². The number of rotatable bonds is 11. The number of aliphatic hydroxyl groups is 1. The first-order valence-corrected chi connectivity index (χ1v) is 7.96. The average molecular weight is 414 g/mol. The molecule has 0 radical (unpaired) electrons. The van der Waals surface area contributed by atoms with Crippen LogP contribution in [0.15, 0.2) is 0 Å². The zero-order valence-corrected chi connectivity index (χ0v) is 16.6. The number of amides is 1. The topological polar surface area (TPSA) is 49.3 Å². The molecule has 0 saturated heterocycles. The van der Waals surface area contributed by atoms with Gasteiger partial charge < -0.3 is 38.9 Å². The van der Waals surface area contributed by atoms with Gasteiger partial charge in [-0.3, -0.25) is 4.79 Å². The summed E-state index contributed by atoms with van der Waals surface area (Å²) in [5.74, 6) is 0.785. The minimum Gasteiger partial charge on any atom is -1.00 e. The Hall–Kier alpha value is 0.120. The molecule has 4 nitrogen and oxygen atoms in total. The molecule has 21 heavy (non-hydrogen) atoms. The van der Waals surface area contributed by atoms with E-state index >= 15 is 0 Å². The Morgan fingerprint density at radius 2 is 1.67 bits per heavy atom. The highest BCUT2D eigenvalue weighted by molar-refractivity contribution is 5.75. The predicted octanol–water partition coefficient (Wildman–Crippen LogP) is -0.830. The van der Waals surface area contributed by atoms with Crippen LogP contribution in [0.25, 0.3) is 0 Å². The van der Waals surface area contributed by atoms with Gasteiger partial charge in [-0.2, -0.15) is 0 Å². The van der Waals surface area contributed by atoms with Crippen molar-refractivity contribution in [2.75, 3.05) is 34.2 Å². The Bertz CT molecular complexity index is 265. The fourth-order valence-electron chi connectivity index (χ4n) is 2.07. The number of hydrogen-bond acceptors (Lipinski definition) is 2. The molecule has 0 aliphatic heterocycles. The Morgan fingerprint density at radius 3 is 2.19 bits per heavy atom. The lowest BCUT2D eigenvalue weighted by molar-refractivity contribution is -0.870. The third kappa shape index (κ3) is 18.1. The molecule has 5 heteroatoms. The fraction of sp³-hybridized carbons (Fsp3) is 0.938. The zero-order valence-electron chi connectivity index (χ0n) is 14.5. The molecule has 0 aliphatic carbocycles. The first-order chi connectivity index (χ1) is 9.20. The summed E-state index contributed by atoms with van der Waals surface area (Å²) >= 11 is 0. The number of nitrogens with one attached hydrogen (secondary N) is 1. The van der Waals surface area contributed by atoms with Crippen molar-refractivity contribution in [1.82, 2.24) is 5.32 Å². The van der Waals surface area contributed by atoms with Crippen LogP contribution in [0.5, 0.6) is 0 Å². The van der Waals surface area contributed by atoms with Crippen LogP contribution in [0, 0.1) is 5.92 Å². The molecule has 0 aromatic rings. The SMILES string of the molecule is CC(C)CCCCC(O)CNC(=O)CCC[N+](C)(C)C.[I-]. The van der Waals surface area contributed by atoms with Crippen molar-refractivity contribution in [3.05, 3.63) is 0 Å². The van der Waals surface area contributed by atoms with E-state index in [4.69, 9.17) is 0 Å². The normalized spacial score (nSPS) is 12.9. The molecule has 0 aliphatic rings. The molecule has 0 bridgehead atoms. The molecule has 1 amide bonds. The molecule has 1 atom stereocenters. The van der Waals surface area contributed by atoms with E-state index in [0.29, 0.717) is 13.0 Å².